The molecule has 5 heteroatoms. The van der Waals surface area contributed by atoms with Gasteiger partial charge in [0.1, 0.15) is 0 Å². The van der Waals surface area contributed by atoms with Gasteiger partial charge in [-0.15, -0.1) is 0 Å². The Kier molecular flexibility index (Phi) is 4.10. The van der Waals surface area contributed by atoms with Crippen molar-refractivity contribution in [3.05, 3.63) is 18.0 Å². The summed E-state index contributed by atoms with van der Waals surface area (Å²) in [4.78, 5) is 5.25. The molecule has 2 fully saturated rings. The van der Waals surface area contributed by atoms with E-state index in [0.29, 0.717) is 6.04 Å². The van der Waals surface area contributed by atoms with Crippen molar-refractivity contribution >= 4 is 0 Å². The van der Waals surface area contributed by atoms with Crippen LogP contribution in [0.3, 0.4) is 0 Å². The summed E-state index contributed by atoms with van der Waals surface area (Å²) < 4.78 is 1.83. The molecule has 2 N–H and O–H groups in total. The third-order valence-corrected chi connectivity index (χ3v) is 4.90. The first-order valence-corrected chi connectivity index (χ1v) is 7.85. The molecule has 0 spiro atoms. The van der Waals surface area contributed by atoms with Crippen molar-refractivity contribution in [3.63, 3.8) is 0 Å². The van der Waals surface area contributed by atoms with Crippen molar-refractivity contribution < 1.29 is 0 Å². The second-order valence-electron chi connectivity index (χ2n) is 6.50. The van der Waals surface area contributed by atoms with Gasteiger partial charge in [-0.2, -0.15) is 5.10 Å². The van der Waals surface area contributed by atoms with E-state index in [0.717, 1.165) is 18.2 Å². The Morgan fingerprint density at radius 3 is 3.00 bits per heavy atom. The van der Waals surface area contributed by atoms with Gasteiger partial charge in [0, 0.05) is 56.6 Å². The van der Waals surface area contributed by atoms with Crippen LogP contribution in [-0.2, 0) is 7.05 Å². The topological polar surface area (TPSA) is 50.3 Å². The molecule has 1 aromatic rings. The molecule has 5 nitrogen and oxygen atoms in total. The van der Waals surface area contributed by atoms with Gasteiger partial charge in [-0.3, -0.25) is 14.5 Å². The van der Waals surface area contributed by atoms with E-state index in [-0.39, 0.29) is 6.04 Å². The van der Waals surface area contributed by atoms with Crippen molar-refractivity contribution in [1.82, 2.24) is 19.6 Å². The van der Waals surface area contributed by atoms with Crippen molar-refractivity contribution in [2.24, 2.45) is 12.8 Å². The maximum absolute atomic E-state index is 6.36. The van der Waals surface area contributed by atoms with Gasteiger partial charge in [0.25, 0.3) is 0 Å². The van der Waals surface area contributed by atoms with Gasteiger partial charge >= 0.3 is 0 Å². The van der Waals surface area contributed by atoms with Gasteiger partial charge in [-0.05, 0) is 26.3 Å². The maximum atomic E-state index is 6.36. The molecule has 0 bridgehead atoms. The van der Waals surface area contributed by atoms with Crippen LogP contribution in [0.2, 0.25) is 0 Å². The van der Waals surface area contributed by atoms with E-state index < -0.39 is 0 Å². The van der Waals surface area contributed by atoms with Crippen molar-refractivity contribution in [3.8, 4) is 0 Å². The Labute approximate surface area is 121 Å². The molecule has 2 aliphatic rings. The summed E-state index contributed by atoms with van der Waals surface area (Å²) >= 11 is 0. The van der Waals surface area contributed by atoms with Gasteiger partial charge in [0.05, 0.1) is 6.20 Å². The molecule has 2 saturated heterocycles. The molecule has 3 rings (SSSR count). The van der Waals surface area contributed by atoms with Crippen LogP contribution in [0.5, 0.6) is 0 Å². The van der Waals surface area contributed by atoms with Crippen LogP contribution in [0.4, 0.5) is 0 Å². The molecule has 3 atom stereocenters. The number of hydrogen-bond acceptors (Lipinski definition) is 4. The van der Waals surface area contributed by atoms with Crippen LogP contribution in [0, 0.1) is 0 Å². The smallest absolute Gasteiger partial charge is 0.0537 e. The van der Waals surface area contributed by atoms with Gasteiger partial charge in [-0.25, -0.2) is 0 Å². The zero-order valence-corrected chi connectivity index (χ0v) is 12.7. The van der Waals surface area contributed by atoms with Crippen molar-refractivity contribution in [2.45, 2.75) is 44.3 Å². The van der Waals surface area contributed by atoms with E-state index in [2.05, 4.69) is 21.8 Å². The number of aromatic nitrogens is 2. The molecule has 1 aromatic heterocycles. The first-order valence-electron chi connectivity index (χ1n) is 7.85. The third-order valence-electron chi connectivity index (χ3n) is 4.90. The fraction of sp³-hybridized carbons (Fsp3) is 0.800. The van der Waals surface area contributed by atoms with Crippen LogP contribution >= 0.6 is 0 Å². The molecular formula is C15H27N5. The standard InChI is InChI=1S/C15H27N5/c1-12-8-19-6-4-3-5-14(19)10-20(12)11-15(16)13-7-17-18(2)9-13/h7,9,12,14-15H,3-6,8,10-11,16H2,1-2H3. The summed E-state index contributed by atoms with van der Waals surface area (Å²) in [6.45, 7) is 6.94. The average Bonchev–Trinajstić information content (AvgIpc) is 2.86. The Bertz CT molecular complexity index is 443. The molecule has 0 amide bonds. The van der Waals surface area contributed by atoms with Crippen molar-refractivity contribution in [2.75, 3.05) is 26.2 Å². The molecule has 112 valence electrons. The number of piperazine rings is 1. The van der Waals surface area contributed by atoms with E-state index >= 15 is 0 Å². The van der Waals surface area contributed by atoms with Crippen LogP contribution in [-0.4, -0.2) is 57.8 Å². The first kappa shape index (κ1) is 14.0. The van der Waals surface area contributed by atoms with Crippen LogP contribution in [0.15, 0.2) is 12.4 Å². The molecule has 0 saturated carbocycles. The highest BCUT2D eigenvalue weighted by molar-refractivity contribution is 5.10. The number of nitrogens with two attached hydrogens (primary N) is 1. The Balaban J connectivity index is 1.61. The van der Waals surface area contributed by atoms with Gasteiger partial charge < -0.3 is 5.73 Å². The third kappa shape index (κ3) is 2.90. The fourth-order valence-corrected chi connectivity index (χ4v) is 3.66. The lowest BCUT2D eigenvalue weighted by molar-refractivity contribution is 0.0125. The lowest BCUT2D eigenvalue weighted by atomic mass is 9.96. The molecule has 0 aromatic carbocycles. The largest absolute Gasteiger partial charge is 0.323 e. The molecule has 3 heterocycles. The summed E-state index contributed by atoms with van der Waals surface area (Å²) in [5.41, 5.74) is 7.51. The Hall–Kier alpha value is -0.910. The first-order chi connectivity index (χ1) is 9.63. The average molecular weight is 277 g/mol. The molecule has 0 aliphatic carbocycles. The normalized spacial score (nSPS) is 30.1. The minimum Gasteiger partial charge on any atom is -0.323 e. The molecular weight excluding hydrogens is 250 g/mol. The molecule has 20 heavy (non-hydrogen) atoms. The lowest BCUT2D eigenvalue weighted by Gasteiger charge is -2.48. The lowest BCUT2D eigenvalue weighted by Crippen LogP contribution is -2.59. The monoisotopic (exact) mass is 277 g/mol. The van der Waals surface area contributed by atoms with Crippen LogP contribution < -0.4 is 5.73 Å². The zero-order chi connectivity index (χ0) is 14.1. The summed E-state index contributed by atoms with van der Waals surface area (Å²) in [6, 6.07) is 1.43. The van der Waals surface area contributed by atoms with Gasteiger partial charge in [0.15, 0.2) is 0 Å². The van der Waals surface area contributed by atoms with Gasteiger partial charge in [0.2, 0.25) is 0 Å². The van der Waals surface area contributed by atoms with E-state index in [1.54, 1.807) is 0 Å². The Morgan fingerprint density at radius 2 is 2.25 bits per heavy atom. The maximum Gasteiger partial charge on any atom is 0.0537 e. The van der Waals surface area contributed by atoms with Crippen molar-refractivity contribution in [1.29, 1.82) is 0 Å². The minimum atomic E-state index is 0.0706. The van der Waals surface area contributed by atoms with Crippen LogP contribution in [0.1, 0.15) is 37.8 Å². The SMILES string of the molecule is CC1CN2CCCCC2CN1CC(N)c1cnn(C)c1. The second kappa shape index (κ2) is 5.84. The minimum absolute atomic E-state index is 0.0706. The van der Waals surface area contributed by atoms with E-state index in [1.165, 1.54) is 38.9 Å². The number of fused-ring (bicyclic) bond motifs is 1. The summed E-state index contributed by atoms with van der Waals surface area (Å²) in [5, 5.41) is 4.23. The predicted molar refractivity (Wildman–Crippen MR) is 80.4 cm³/mol. The van der Waals surface area contributed by atoms with Crippen LogP contribution in [0.25, 0.3) is 0 Å². The summed E-state index contributed by atoms with van der Waals surface area (Å²) in [7, 11) is 1.94. The number of rotatable bonds is 3. The highest BCUT2D eigenvalue weighted by Gasteiger charge is 2.33. The number of hydrogen-bond donors (Lipinski definition) is 1. The van der Waals surface area contributed by atoms with Gasteiger partial charge in [-0.1, -0.05) is 6.42 Å². The highest BCUT2D eigenvalue weighted by Crippen LogP contribution is 2.25. The number of nitrogens with zero attached hydrogens (tertiary/aromatic N) is 4. The summed E-state index contributed by atoms with van der Waals surface area (Å²) in [6.07, 6.45) is 8.04. The number of aryl methyl sites for hydroxylation is 1. The second-order valence-corrected chi connectivity index (χ2v) is 6.50. The molecule has 2 aliphatic heterocycles. The predicted octanol–water partition coefficient (Wildman–Crippen LogP) is 0.979. The zero-order valence-electron chi connectivity index (χ0n) is 12.7. The number of piperidine rings is 1. The fourth-order valence-electron chi connectivity index (χ4n) is 3.66. The quantitative estimate of drug-likeness (QED) is 0.895. The highest BCUT2D eigenvalue weighted by atomic mass is 15.3. The Morgan fingerprint density at radius 1 is 1.40 bits per heavy atom. The summed E-state index contributed by atoms with van der Waals surface area (Å²) in [5.74, 6) is 0. The molecule has 3 unspecified atom stereocenters. The van der Waals surface area contributed by atoms with E-state index in [1.807, 2.05) is 24.1 Å². The van der Waals surface area contributed by atoms with E-state index in [4.69, 9.17) is 5.73 Å². The van der Waals surface area contributed by atoms with E-state index in [9.17, 15) is 0 Å². The molecule has 0 radical (unpaired) electrons.